The zero-order valence-electron chi connectivity index (χ0n) is 14.1. The molecule has 1 aliphatic rings. The van der Waals surface area contributed by atoms with Gasteiger partial charge < -0.3 is 0 Å². The first-order valence-corrected chi connectivity index (χ1v) is 7.72. The number of nitro benzene ring substituents is 1. The fraction of sp³-hybridized carbons (Fsp3) is 0.105. The first-order valence-electron chi connectivity index (χ1n) is 7.72. The second-order valence-electron chi connectivity index (χ2n) is 5.92. The molecule has 0 aliphatic heterocycles. The van der Waals surface area contributed by atoms with Gasteiger partial charge in [0.05, 0.1) is 4.92 Å². The largest absolute Gasteiger partial charge is 0.289 e. The van der Waals surface area contributed by atoms with E-state index in [4.69, 9.17) is 5.73 Å². The van der Waals surface area contributed by atoms with Crippen LogP contribution in [0.3, 0.4) is 0 Å². The lowest BCUT2D eigenvalue weighted by Gasteiger charge is -2.08. The van der Waals surface area contributed by atoms with Crippen LogP contribution in [0, 0.1) is 39.7 Å². The van der Waals surface area contributed by atoms with Crippen molar-refractivity contribution in [2.45, 2.75) is 13.8 Å². The van der Waals surface area contributed by atoms with Crippen LogP contribution in [0.1, 0.15) is 34.9 Å². The second-order valence-corrected chi connectivity index (χ2v) is 5.92. The number of nitriles is 2. The molecule has 26 heavy (non-hydrogen) atoms. The number of benzene rings is 1. The third kappa shape index (κ3) is 2.48. The van der Waals surface area contributed by atoms with Crippen LogP contribution in [0.2, 0.25) is 0 Å². The molecule has 0 spiro atoms. The Hall–Kier alpha value is -3.97. The van der Waals surface area contributed by atoms with Gasteiger partial charge in [0.2, 0.25) is 0 Å². The molecule has 1 aromatic carbocycles. The summed E-state index contributed by atoms with van der Waals surface area (Å²) >= 11 is 0. The van der Waals surface area contributed by atoms with Crippen molar-refractivity contribution < 1.29 is 9.91 Å². The molecule has 0 saturated heterocycles. The molecule has 7 heteroatoms. The van der Waals surface area contributed by atoms with Gasteiger partial charge in [-0.3, -0.25) is 15.8 Å². The van der Waals surface area contributed by atoms with Gasteiger partial charge in [-0.05, 0) is 42.2 Å². The molecule has 126 valence electrons. The number of nitro groups is 1. The number of hydrogen-bond acceptors (Lipinski definition) is 5. The fourth-order valence-corrected chi connectivity index (χ4v) is 3.17. The third-order valence-corrected chi connectivity index (χ3v) is 4.44. The van der Waals surface area contributed by atoms with Gasteiger partial charge >= 0.3 is 0 Å². The second kappa shape index (κ2) is 6.15. The van der Waals surface area contributed by atoms with E-state index in [-0.39, 0.29) is 11.5 Å². The van der Waals surface area contributed by atoms with Crippen molar-refractivity contribution in [1.82, 2.24) is 0 Å². The van der Waals surface area contributed by atoms with E-state index in [9.17, 15) is 20.6 Å². The molecule has 0 fully saturated rings. The lowest BCUT2D eigenvalue weighted by molar-refractivity contribution is -0.384. The Morgan fingerprint density at radius 2 is 2.00 bits per heavy atom. The van der Waals surface area contributed by atoms with Crippen LogP contribution in [-0.4, -0.2) is 4.92 Å². The Morgan fingerprint density at radius 1 is 1.27 bits per heavy atom. The number of rotatable bonds is 2. The molecule has 0 radical (unpaired) electrons. The number of nitrogens with two attached hydrogens (primary N) is 1. The lowest BCUT2D eigenvalue weighted by Crippen LogP contribution is -2.20. The number of nitrogens with zero attached hydrogens (tertiary/aromatic N) is 3. The molecule has 0 bridgehead atoms. The number of H-pyrrole nitrogens is 1. The van der Waals surface area contributed by atoms with Crippen molar-refractivity contribution in [3.8, 4) is 12.1 Å². The van der Waals surface area contributed by atoms with E-state index in [0.717, 1.165) is 16.7 Å². The first kappa shape index (κ1) is 16.9. The van der Waals surface area contributed by atoms with Crippen molar-refractivity contribution >= 4 is 28.7 Å². The highest BCUT2D eigenvalue weighted by Gasteiger charge is 2.32. The topological polar surface area (TPSA) is 131 Å². The molecule has 1 aromatic heterocycles. The standard InChI is InChI=1S/C19H13N5O2/c1-10-14(7-12-4-3-5-13(6-12)24(25)26)17-11(2)16(9-21)19(22)23-18(17)15(10)8-20/h3-7H,1-2H3,(H2,22,23)/p+1. The summed E-state index contributed by atoms with van der Waals surface area (Å²) in [5.41, 5.74) is 10.7. The summed E-state index contributed by atoms with van der Waals surface area (Å²) in [6.45, 7) is 3.58. The molecule has 3 N–H and O–H groups in total. The summed E-state index contributed by atoms with van der Waals surface area (Å²) in [4.78, 5) is 13.5. The van der Waals surface area contributed by atoms with Crippen molar-refractivity contribution in [3.63, 3.8) is 0 Å². The number of nitrogens with one attached hydrogen (secondary N) is 1. The first-order chi connectivity index (χ1) is 12.4. The summed E-state index contributed by atoms with van der Waals surface area (Å²) in [6.07, 6.45) is 1.78. The van der Waals surface area contributed by atoms with Gasteiger partial charge in [-0.15, -0.1) is 0 Å². The highest BCUT2D eigenvalue weighted by Crippen LogP contribution is 2.42. The van der Waals surface area contributed by atoms with E-state index in [0.29, 0.717) is 28.0 Å². The molecule has 0 amide bonds. The van der Waals surface area contributed by atoms with E-state index in [2.05, 4.69) is 17.1 Å². The van der Waals surface area contributed by atoms with E-state index >= 15 is 0 Å². The zero-order chi connectivity index (χ0) is 19.0. The summed E-state index contributed by atoms with van der Waals surface area (Å²) in [6, 6.07) is 10.5. The van der Waals surface area contributed by atoms with Crippen LogP contribution in [0.25, 0.3) is 17.2 Å². The van der Waals surface area contributed by atoms with Crippen LogP contribution >= 0.6 is 0 Å². The highest BCUT2D eigenvalue weighted by molar-refractivity contribution is 6.07. The number of fused-ring (bicyclic) bond motifs is 1. The van der Waals surface area contributed by atoms with E-state index in [1.54, 1.807) is 32.1 Å². The number of hydrogen-bond donors (Lipinski definition) is 1. The average molecular weight is 344 g/mol. The minimum Gasteiger partial charge on any atom is -0.286 e. The third-order valence-electron chi connectivity index (χ3n) is 4.44. The fourth-order valence-electron chi connectivity index (χ4n) is 3.17. The van der Waals surface area contributed by atoms with Crippen LogP contribution < -0.4 is 10.7 Å². The molecule has 0 unspecified atom stereocenters. The maximum absolute atomic E-state index is 11.0. The average Bonchev–Trinajstić information content (AvgIpc) is 2.86. The summed E-state index contributed by atoms with van der Waals surface area (Å²) in [7, 11) is 0. The summed E-state index contributed by atoms with van der Waals surface area (Å²) in [5.74, 6) is 0.209. The van der Waals surface area contributed by atoms with Crippen LogP contribution in [-0.2, 0) is 0 Å². The maximum Gasteiger partial charge on any atom is 0.289 e. The zero-order valence-corrected chi connectivity index (χ0v) is 14.1. The van der Waals surface area contributed by atoms with Crippen molar-refractivity contribution in [1.29, 1.82) is 10.5 Å². The lowest BCUT2D eigenvalue weighted by atomic mass is 9.95. The molecule has 1 heterocycles. The van der Waals surface area contributed by atoms with Crippen LogP contribution in [0.15, 0.2) is 29.8 Å². The van der Waals surface area contributed by atoms with Crippen molar-refractivity contribution in [2.75, 3.05) is 5.73 Å². The summed E-state index contributed by atoms with van der Waals surface area (Å²) in [5, 5.41) is 29.9. The normalized spacial score (nSPS) is 14.1. The number of nitrogen functional groups attached to an aromatic ring is 1. The van der Waals surface area contributed by atoms with Crippen LogP contribution in [0.5, 0.6) is 0 Å². The molecule has 7 nitrogen and oxygen atoms in total. The Balaban J connectivity index is 2.30. The monoisotopic (exact) mass is 344 g/mol. The van der Waals surface area contributed by atoms with Crippen molar-refractivity contribution in [2.24, 2.45) is 0 Å². The predicted molar refractivity (Wildman–Crippen MR) is 96.0 cm³/mol. The van der Waals surface area contributed by atoms with Gasteiger partial charge in [0.1, 0.15) is 23.3 Å². The Kier molecular flexibility index (Phi) is 3.99. The number of pyridine rings is 1. The van der Waals surface area contributed by atoms with Gasteiger partial charge in [-0.2, -0.15) is 10.5 Å². The predicted octanol–water partition coefficient (Wildman–Crippen LogP) is 3.02. The SMILES string of the molecule is CC1=C(C#N)c2[nH+]c(N)c(C#N)c(C)c2C1=Cc1cccc([N+](=O)[O-])c1. The van der Waals surface area contributed by atoms with Crippen LogP contribution in [0.4, 0.5) is 11.5 Å². The molecule has 0 saturated carbocycles. The highest BCUT2D eigenvalue weighted by atomic mass is 16.6. The smallest absolute Gasteiger partial charge is 0.286 e. The van der Waals surface area contributed by atoms with Gasteiger partial charge in [0.15, 0.2) is 5.69 Å². The number of non-ortho nitro benzene ring substituents is 1. The Labute approximate surface area is 149 Å². The molecular formula is C19H14N5O2+. The Morgan fingerprint density at radius 3 is 2.62 bits per heavy atom. The molecular weight excluding hydrogens is 330 g/mol. The molecule has 3 rings (SSSR count). The quantitative estimate of drug-likeness (QED) is 0.660. The number of aromatic amines is 1. The van der Waals surface area contributed by atoms with Crippen molar-refractivity contribution in [3.05, 3.63) is 67.9 Å². The summed E-state index contributed by atoms with van der Waals surface area (Å²) < 4.78 is 0. The Bertz CT molecular complexity index is 1110. The van der Waals surface area contributed by atoms with E-state index in [1.165, 1.54) is 12.1 Å². The maximum atomic E-state index is 11.0. The minimum atomic E-state index is -0.457. The minimum absolute atomic E-state index is 0.0157. The number of aromatic nitrogens is 1. The van der Waals surface area contributed by atoms with E-state index in [1.807, 2.05) is 0 Å². The molecule has 1 aliphatic carbocycles. The van der Waals surface area contributed by atoms with E-state index < -0.39 is 4.92 Å². The van der Waals surface area contributed by atoms with Gasteiger partial charge in [-0.25, -0.2) is 4.98 Å². The van der Waals surface area contributed by atoms with Gasteiger partial charge in [-0.1, -0.05) is 12.1 Å². The number of allylic oxidation sites excluding steroid dienone is 3. The molecule has 2 aromatic rings. The van der Waals surface area contributed by atoms with Gasteiger partial charge in [0.25, 0.3) is 11.5 Å². The number of anilines is 1. The molecule has 0 atom stereocenters. The van der Waals surface area contributed by atoms with Gasteiger partial charge in [0, 0.05) is 17.7 Å².